The van der Waals surface area contributed by atoms with Gasteiger partial charge in [0.25, 0.3) is 0 Å². The van der Waals surface area contributed by atoms with E-state index in [1.54, 1.807) is 15.4 Å². The molecule has 0 unspecified atom stereocenters. The number of rotatable bonds is 5. The summed E-state index contributed by atoms with van der Waals surface area (Å²) in [5.74, 6) is 0.411. The van der Waals surface area contributed by atoms with Gasteiger partial charge in [0, 0.05) is 18.0 Å². The largest absolute Gasteiger partial charge is 0.308 e. The normalized spacial score (nSPS) is 10.8. The number of aryl methyl sites for hydroxylation is 1. The van der Waals surface area contributed by atoms with Crippen molar-refractivity contribution in [3.05, 3.63) is 63.1 Å². The molecule has 1 aromatic carbocycles. The zero-order valence-corrected chi connectivity index (χ0v) is 15.7. The molecule has 6 nitrogen and oxygen atoms in total. The molecule has 3 aromatic rings. The Morgan fingerprint density at radius 3 is 2.58 bits per heavy atom. The number of carbonyl (C=O) groups is 1. The molecule has 1 amide bonds. The highest BCUT2D eigenvalue weighted by Crippen LogP contribution is 2.15. The lowest BCUT2D eigenvalue weighted by molar-refractivity contribution is -0.117. The zero-order valence-electron chi connectivity index (χ0n) is 13.5. The van der Waals surface area contributed by atoms with E-state index in [-0.39, 0.29) is 12.5 Å². The first-order chi connectivity index (χ1) is 11.5. The minimum atomic E-state index is -0.137. The molecule has 0 spiro atoms. The average Bonchev–Trinajstić information content (AvgIpc) is 3.09. The summed E-state index contributed by atoms with van der Waals surface area (Å²) in [6.45, 7) is 4.76. The van der Waals surface area contributed by atoms with Crippen LogP contribution in [0.2, 0.25) is 0 Å². The number of amides is 1. The van der Waals surface area contributed by atoms with E-state index in [0.29, 0.717) is 12.4 Å². The molecular weight excluding hydrogens is 417 g/mol. The Bertz CT molecular complexity index is 853. The number of hydrogen-bond acceptors (Lipinski definition) is 3. The Morgan fingerprint density at radius 1 is 1.17 bits per heavy atom. The second-order valence-corrected chi connectivity index (χ2v) is 6.65. The third-order valence-electron chi connectivity index (χ3n) is 3.68. The molecule has 0 radical (unpaired) electrons. The maximum Gasteiger partial charge on any atom is 0.247 e. The Labute approximate surface area is 154 Å². The van der Waals surface area contributed by atoms with Crippen LogP contribution in [0, 0.1) is 17.4 Å². The summed E-state index contributed by atoms with van der Waals surface area (Å²) < 4.78 is 4.61. The number of anilines is 1. The molecule has 3 rings (SSSR count). The fourth-order valence-corrected chi connectivity index (χ4v) is 2.82. The Balaban J connectivity index is 1.62. The number of carbonyl (C=O) groups excluding carboxylic acids is 1. The Kier molecular flexibility index (Phi) is 4.98. The summed E-state index contributed by atoms with van der Waals surface area (Å²) in [7, 11) is 0. The van der Waals surface area contributed by atoms with Crippen LogP contribution in [0.15, 0.2) is 42.6 Å². The van der Waals surface area contributed by atoms with Crippen LogP contribution in [0.25, 0.3) is 0 Å². The van der Waals surface area contributed by atoms with Crippen molar-refractivity contribution < 1.29 is 4.79 Å². The van der Waals surface area contributed by atoms with Gasteiger partial charge in [-0.1, -0.05) is 30.3 Å². The molecule has 0 saturated carbocycles. The van der Waals surface area contributed by atoms with E-state index < -0.39 is 0 Å². The fraction of sp³-hybridized carbons (Fsp3) is 0.235. The zero-order chi connectivity index (χ0) is 17.1. The van der Waals surface area contributed by atoms with Crippen molar-refractivity contribution in [2.24, 2.45) is 0 Å². The molecule has 2 heterocycles. The van der Waals surface area contributed by atoms with Gasteiger partial charge in [-0.3, -0.25) is 14.2 Å². The van der Waals surface area contributed by atoms with E-state index in [2.05, 4.69) is 38.1 Å². The summed E-state index contributed by atoms with van der Waals surface area (Å²) in [6, 6.07) is 11.9. The second-order valence-electron chi connectivity index (χ2n) is 5.57. The highest BCUT2D eigenvalue weighted by Gasteiger charge is 2.12. The summed E-state index contributed by atoms with van der Waals surface area (Å²) in [5, 5.41) is 11.6. The third kappa shape index (κ3) is 3.84. The quantitative estimate of drug-likeness (QED) is 0.627. The maximum atomic E-state index is 12.2. The molecule has 0 aliphatic heterocycles. The van der Waals surface area contributed by atoms with Gasteiger partial charge in [-0.2, -0.15) is 10.2 Å². The second kappa shape index (κ2) is 7.16. The minimum Gasteiger partial charge on any atom is -0.308 e. The Hall–Kier alpha value is -2.16. The van der Waals surface area contributed by atoms with Crippen LogP contribution in [0.4, 0.5) is 5.82 Å². The summed E-state index contributed by atoms with van der Waals surface area (Å²) >= 11 is 2.24. The fourth-order valence-electron chi connectivity index (χ4n) is 2.43. The highest BCUT2D eigenvalue weighted by atomic mass is 127. The van der Waals surface area contributed by atoms with Crippen LogP contribution in [-0.4, -0.2) is 25.5 Å². The number of nitrogens with one attached hydrogen (secondary N) is 1. The lowest BCUT2D eigenvalue weighted by Crippen LogP contribution is -2.20. The first kappa shape index (κ1) is 16.7. The monoisotopic (exact) mass is 435 g/mol. The molecular formula is C17H18IN5O. The average molecular weight is 435 g/mol. The molecule has 0 saturated heterocycles. The molecule has 0 aliphatic carbocycles. The lowest BCUT2D eigenvalue weighted by Gasteiger charge is -2.05. The van der Waals surface area contributed by atoms with Gasteiger partial charge < -0.3 is 5.32 Å². The van der Waals surface area contributed by atoms with Gasteiger partial charge in [0.1, 0.15) is 6.54 Å². The van der Waals surface area contributed by atoms with E-state index in [0.717, 1.165) is 20.5 Å². The summed E-state index contributed by atoms with van der Waals surface area (Å²) in [6.07, 6.45) is 1.86. The molecule has 124 valence electrons. The standard InChI is InChI=1S/C17H18IN5O/c1-12-17(18)13(2)23(20-12)11-16(24)19-15-8-9-22(21-15)10-14-6-4-3-5-7-14/h3-9H,10-11H2,1-2H3,(H,19,21,24). The number of aromatic nitrogens is 4. The summed E-state index contributed by atoms with van der Waals surface area (Å²) in [4.78, 5) is 12.2. The number of nitrogens with zero attached hydrogens (tertiary/aromatic N) is 4. The lowest BCUT2D eigenvalue weighted by atomic mass is 10.2. The van der Waals surface area contributed by atoms with Gasteiger partial charge >= 0.3 is 0 Å². The molecule has 0 bridgehead atoms. The first-order valence-electron chi connectivity index (χ1n) is 7.59. The molecule has 24 heavy (non-hydrogen) atoms. The van der Waals surface area contributed by atoms with Crippen LogP contribution in [0.3, 0.4) is 0 Å². The number of halogens is 1. The SMILES string of the molecule is Cc1nn(CC(=O)Nc2ccn(Cc3ccccc3)n2)c(C)c1I. The van der Waals surface area contributed by atoms with E-state index in [1.807, 2.05) is 50.4 Å². The number of benzene rings is 1. The van der Waals surface area contributed by atoms with Crippen molar-refractivity contribution in [2.75, 3.05) is 5.32 Å². The number of hydrogen-bond donors (Lipinski definition) is 1. The molecule has 2 aromatic heterocycles. The van der Waals surface area contributed by atoms with E-state index >= 15 is 0 Å². The molecule has 1 N–H and O–H groups in total. The van der Waals surface area contributed by atoms with Crippen molar-refractivity contribution in [1.82, 2.24) is 19.6 Å². The van der Waals surface area contributed by atoms with Gasteiger partial charge in [0.2, 0.25) is 5.91 Å². The van der Waals surface area contributed by atoms with Crippen molar-refractivity contribution in [3.63, 3.8) is 0 Å². The van der Waals surface area contributed by atoms with Crippen LogP contribution < -0.4 is 5.32 Å². The van der Waals surface area contributed by atoms with Gasteiger partial charge in [-0.25, -0.2) is 0 Å². The van der Waals surface area contributed by atoms with Gasteiger partial charge in [-0.15, -0.1) is 0 Å². The van der Waals surface area contributed by atoms with Crippen molar-refractivity contribution >= 4 is 34.3 Å². The molecule has 0 atom stereocenters. The van der Waals surface area contributed by atoms with Crippen molar-refractivity contribution in [3.8, 4) is 0 Å². The van der Waals surface area contributed by atoms with Crippen LogP contribution in [0.1, 0.15) is 17.0 Å². The van der Waals surface area contributed by atoms with E-state index in [1.165, 1.54) is 0 Å². The van der Waals surface area contributed by atoms with Crippen LogP contribution in [0.5, 0.6) is 0 Å². The van der Waals surface area contributed by atoms with Crippen LogP contribution >= 0.6 is 22.6 Å². The molecule has 0 aliphatic rings. The van der Waals surface area contributed by atoms with Gasteiger partial charge in [0.15, 0.2) is 5.82 Å². The van der Waals surface area contributed by atoms with E-state index in [9.17, 15) is 4.79 Å². The van der Waals surface area contributed by atoms with Gasteiger partial charge in [-0.05, 0) is 42.0 Å². The van der Waals surface area contributed by atoms with E-state index in [4.69, 9.17) is 0 Å². The van der Waals surface area contributed by atoms with Crippen molar-refractivity contribution in [1.29, 1.82) is 0 Å². The summed E-state index contributed by atoms with van der Waals surface area (Å²) in [5.41, 5.74) is 3.10. The highest BCUT2D eigenvalue weighted by molar-refractivity contribution is 14.1. The smallest absolute Gasteiger partial charge is 0.247 e. The first-order valence-corrected chi connectivity index (χ1v) is 8.67. The van der Waals surface area contributed by atoms with Crippen LogP contribution in [-0.2, 0) is 17.9 Å². The third-order valence-corrected chi connectivity index (χ3v) is 5.24. The van der Waals surface area contributed by atoms with Crippen molar-refractivity contribution in [2.45, 2.75) is 26.9 Å². The predicted octanol–water partition coefficient (Wildman–Crippen LogP) is 2.99. The molecule has 0 fully saturated rings. The maximum absolute atomic E-state index is 12.2. The minimum absolute atomic E-state index is 0.137. The Morgan fingerprint density at radius 2 is 1.92 bits per heavy atom. The predicted molar refractivity (Wildman–Crippen MR) is 101 cm³/mol. The topological polar surface area (TPSA) is 64.7 Å². The molecule has 7 heteroatoms. The van der Waals surface area contributed by atoms with Gasteiger partial charge in [0.05, 0.1) is 15.8 Å².